The fourth-order valence-corrected chi connectivity index (χ4v) is 5.63. The molecular weight excluding hydrogens is 352 g/mol. The molecule has 1 aliphatic carbocycles. The van der Waals surface area contributed by atoms with Crippen LogP contribution in [0.1, 0.15) is 44.2 Å². The largest absolute Gasteiger partial charge is 0.297 e. The van der Waals surface area contributed by atoms with Crippen molar-refractivity contribution in [2.45, 2.75) is 39.2 Å². The quantitative estimate of drug-likeness (QED) is 0.613. The number of carbonyl (C=O) groups is 1. The Hall–Kier alpha value is -2.04. The molecule has 0 amide bonds. The van der Waals surface area contributed by atoms with Gasteiger partial charge < -0.3 is 0 Å². The van der Waals surface area contributed by atoms with Crippen LogP contribution in [0, 0.1) is 12.8 Å². The summed E-state index contributed by atoms with van der Waals surface area (Å²) in [6.07, 6.45) is 6.29. The summed E-state index contributed by atoms with van der Waals surface area (Å²) in [6, 6.07) is 10.7. The Kier molecular flexibility index (Phi) is 4.33. The van der Waals surface area contributed by atoms with Crippen molar-refractivity contribution in [2.75, 3.05) is 13.1 Å². The molecule has 1 unspecified atom stereocenters. The normalized spacial score (nSPS) is 19.7. The number of Topliss-reactive ketones (excluding diaryl/α,β-unsaturated/α-hetero) is 1. The van der Waals surface area contributed by atoms with Crippen LogP contribution < -0.4 is 0 Å². The predicted octanol–water partition coefficient (Wildman–Crippen LogP) is 4.80. The second kappa shape index (κ2) is 6.84. The smallest absolute Gasteiger partial charge is 0.167 e. The summed E-state index contributed by atoms with van der Waals surface area (Å²) < 4.78 is 0. The van der Waals surface area contributed by atoms with E-state index in [0.29, 0.717) is 5.78 Å². The number of piperidine rings is 1. The zero-order chi connectivity index (χ0) is 18.4. The van der Waals surface area contributed by atoms with Crippen LogP contribution in [-0.2, 0) is 19.4 Å². The van der Waals surface area contributed by atoms with E-state index in [0.717, 1.165) is 55.9 Å². The van der Waals surface area contributed by atoms with Gasteiger partial charge in [0.25, 0.3) is 0 Å². The number of rotatable bonds is 4. The van der Waals surface area contributed by atoms with Crippen LogP contribution in [0.2, 0.25) is 0 Å². The van der Waals surface area contributed by atoms with Gasteiger partial charge in [-0.2, -0.15) is 0 Å². The van der Waals surface area contributed by atoms with Gasteiger partial charge in [0.1, 0.15) is 0 Å². The van der Waals surface area contributed by atoms with E-state index in [1.165, 1.54) is 26.8 Å². The Morgan fingerprint density at radius 3 is 2.89 bits per heavy atom. The van der Waals surface area contributed by atoms with Crippen LogP contribution in [0.25, 0.3) is 10.8 Å². The van der Waals surface area contributed by atoms with Crippen molar-refractivity contribution in [3.05, 3.63) is 63.1 Å². The van der Waals surface area contributed by atoms with Crippen LogP contribution >= 0.6 is 11.3 Å². The van der Waals surface area contributed by atoms with Crippen LogP contribution in [0.15, 0.2) is 36.5 Å². The molecule has 2 heterocycles. The zero-order valence-electron chi connectivity index (χ0n) is 15.7. The first-order valence-corrected chi connectivity index (χ1v) is 10.7. The van der Waals surface area contributed by atoms with Gasteiger partial charge in [-0.15, -0.1) is 11.3 Å². The second-order valence-corrected chi connectivity index (χ2v) is 9.22. The van der Waals surface area contributed by atoms with Crippen molar-refractivity contribution in [1.29, 1.82) is 0 Å². The van der Waals surface area contributed by atoms with Crippen molar-refractivity contribution in [3.63, 3.8) is 0 Å². The molecule has 27 heavy (non-hydrogen) atoms. The van der Waals surface area contributed by atoms with E-state index in [1.54, 1.807) is 11.3 Å². The van der Waals surface area contributed by atoms with E-state index in [1.807, 2.05) is 13.1 Å². The van der Waals surface area contributed by atoms with Gasteiger partial charge in [-0.25, -0.2) is 4.98 Å². The lowest BCUT2D eigenvalue weighted by atomic mass is 9.87. The van der Waals surface area contributed by atoms with Crippen molar-refractivity contribution >= 4 is 27.9 Å². The lowest BCUT2D eigenvalue weighted by molar-refractivity contribution is 0.0814. The summed E-state index contributed by atoms with van der Waals surface area (Å²) >= 11 is 1.76. The number of thiazole rings is 1. The van der Waals surface area contributed by atoms with Crippen molar-refractivity contribution < 1.29 is 4.79 Å². The highest BCUT2D eigenvalue weighted by molar-refractivity contribution is 7.11. The number of aromatic nitrogens is 1. The molecule has 1 fully saturated rings. The average Bonchev–Trinajstić information content (AvgIpc) is 3.29. The molecule has 3 nitrogen and oxygen atoms in total. The zero-order valence-corrected chi connectivity index (χ0v) is 16.5. The number of benzene rings is 2. The molecule has 1 aliphatic heterocycles. The Morgan fingerprint density at radius 1 is 1.22 bits per heavy atom. The third-order valence-electron chi connectivity index (χ3n) is 6.07. The topological polar surface area (TPSA) is 33.2 Å². The summed E-state index contributed by atoms with van der Waals surface area (Å²) in [7, 11) is 0. The van der Waals surface area contributed by atoms with Gasteiger partial charge in [-0.05, 0) is 61.1 Å². The summed E-state index contributed by atoms with van der Waals surface area (Å²) in [5, 5.41) is 3.63. The highest BCUT2D eigenvalue weighted by Gasteiger charge is 2.28. The molecular formula is C23H24N2OS. The maximum atomic E-state index is 13.4. The molecule has 0 spiro atoms. The maximum absolute atomic E-state index is 13.4. The Morgan fingerprint density at radius 2 is 2.07 bits per heavy atom. The van der Waals surface area contributed by atoms with Gasteiger partial charge in [0.2, 0.25) is 0 Å². The molecule has 1 aromatic heterocycles. The van der Waals surface area contributed by atoms with Crippen LogP contribution in [-0.4, -0.2) is 28.8 Å². The molecule has 5 rings (SSSR count). The Balaban J connectivity index is 1.40. The Bertz CT molecular complexity index is 1010. The molecule has 4 heteroatoms. The molecule has 1 saturated heterocycles. The van der Waals surface area contributed by atoms with Crippen LogP contribution in [0.3, 0.4) is 0 Å². The average molecular weight is 377 g/mol. The molecule has 138 valence electrons. The van der Waals surface area contributed by atoms with Gasteiger partial charge in [0.15, 0.2) is 5.78 Å². The van der Waals surface area contributed by atoms with Gasteiger partial charge in [0.05, 0.1) is 5.01 Å². The first kappa shape index (κ1) is 17.1. The summed E-state index contributed by atoms with van der Waals surface area (Å²) in [6.45, 7) is 4.90. The second-order valence-electron chi connectivity index (χ2n) is 7.90. The lowest BCUT2D eigenvalue weighted by Gasteiger charge is -2.31. The third-order valence-corrected chi connectivity index (χ3v) is 6.96. The fraction of sp³-hybridized carbons (Fsp3) is 0.391. The fourth-order valence-electron chi connectivity index (χ4n) is 4.79. The molecule has 2 aromatic carbocycles. The number of aryl methyl sites for hydroxylation is 3. The van der Waals surface area contributed by atoms with E-state index in [4.69, 9.17) is 0 Å². The minimum Gasteiger partial charge on any atom is -0.297 e. The third kappa shape index (κ3) is 3.11. The maximum Gasteiger partial charge on any atom is 0.167 e. The standard InChI is InChI=1S/C23H24N2OS/c1-15-24-12-19(27-15)14-25-11-3-5-18(13-25)23(26)21-10-9-17-8-7-16-4-2-6-20(21)22(16)17/h2,4,6,9-10,12,18H,3,5,7-8,11,13-14H2,1H3. The van der Waals surface area contributed by atoms with E-state index >= 15 is 0 Å². The number of likely N-dealkylation sites (tertiary alicyclic amines) is 1. The van der Waals surface area contributed by atoms with E-state index in [-0.39, 0.29) is 5.92 Å². The molecule has 0 saturated carbocycles. The Labute approximate surface area is 164 Å². The first-order chi connectivity index (χ1) is 13.2. The molecule has 0 bridgehead atoms. The van der Waals surface area contributed by atoms with Gasteiger partial charge >= 0.3 is 0 Å². The van der Waals surface area contributed by atoms with E-state index in [9.17, 15) is 4.79 Å². The summed E-state index contributed by atoms with van der Waals surface area (Å²) in [5.74, 6) is 0.432. The highest BCUT2D eigenvalue weighted by atomic mass is 32.1. The highest BCUT2D eigenvalue weighted by Crippen LogP contribution is 2.34. The van der Waals surface area contributed by atoms with E-state index < -0.39 is 0 Å². The predicted molar refractivity (Wildman–Crippen MR) is 111 cm³/mol. The molecule has 3 aromatic rings. The SMILES string of the molecule is Cc1ncc(CN2CCCC(C(=O)c3ccc4c5c(cccc35)CC4)C2)s1. The van der Waals surface area contributed by atoms with Crippen molar-refractivity contribution in [1.82, 2.24) is 9.88 Å². The van der Waals surface area contributed by atoms with E-state index in [2.05, 4.69) is 40.2 Å². The molecule has 2 aliphatic rings. The summed E-state index contributed by atoms with van der Waals surface area (Å²) in [4.78, 5) is 21.5. The minimum atomic E-state index is 0.103. The molecule has 1 atom stereocenters. The molecule has 0 N–H and O–H groups in total. The van der Waals surface area contributed by atoms with Gasteiger partial charge in [-0.3, -0.25) is 9.69 Å². The number of hydrogen-bond donors (Lipinski definition) is 0. The number of hydrogen-bond acceptors (Lipinski definition) is 4. The van der Waals surface area contributed by atoms with Crippen LogP contribution in [0.4, 0.5) is 0 Å². The van der Waals surface area contributed by atoms with Gasteiger partial charge in [-0.1, -0.05) is 30.3 Å². The monoisotopic (exact) mass is 376 g/mol. The lowest BCUT2D eigenvalue weighted by Crippen LogP contribution is -2.38. The molecule has 0 radical (unpaired) electrons. The van der Waals surface area contributed by atoms with Gasteiger partial charge in [0, 0.05) is 35.6 Å². The summed E-state index contributed by atoms with van der Waals surface area (Å²) in [5.41, 5.74) is 3.74. The first-order valence-electron chi connectivity index (χ1n) is 9.90. The number of ketones is 1. The van der Waals surface area contributed by atoms with Crippen molar-refractivity contribution in [2.24, 2.45) is 5.92 Å². The number of nitrogens with zero attached hydrogens (tertiary/aromatic N) is 2. The van der Waals surface area contributed by atoms with Crippen molar-refractivity contribution in [3.8, 4) is 0 Å². The number of carbonyl (C=O) groups excluding carboxylic acids is 1. The minimum absolute atomic E-state index is 0.103. The van der Waals surface area contributed by atoms with Crippen LogP contribution in [0.5, 0.6) is 0 Å².